The Morgan fingerprint density at radius 3 is 1.79 bits per heavy atom. The average Bonchev–Trinajstić information content (AvgIpc) is 2.66. The van der Waals surface area contributed by atoms with Crippen LogP contribution in [0.2, 0.25) is 0 Å². The molecule has 19 heavy (non-hydrogen) atoms. The smallest absolute Gasteiger partial charge is 0.319 e. The normalized spacial score (nSPS) is 23.3. The largest absolute Gasteiger partial charge is 0.325 e. The van der Waals surface area contributed by atoms with Gasteiger partial charge in [-0.05, 0) is 37.0 Å². The Morgan fingerprint density at radius 1 is 0.842 bits per heavy atom. The highest BCUT2D eigenvalue weighted by molar-refractivity contribution is 5.74. The molecule has 2 heterocycles. The number of carbonyl (C=O) groups excluding carboxylic acids is 1. The average molecular weight is 266 g/mol. The van der Waals surface area contributed by atoms with Crippen molar-refractivity contribution in [2.24, 2.45) is 11.3 Å². The first-order chi connectivity index (χ1) is 8.98. The fourth-order valence-corrected chi connectivity index (χ4v) is 3.40. The number of hydrogen-bond donors (Lipinski definition) is 0. The molecule has 0 saturated carbocycles. The second kappa shape index (κ2) is 6.15. The van der Waals surface area contributed by atoms with Gasteiger partial charge in [-0.25, -0.2) is 4.79 Å². The monoisotopic (exact) mass is 266 g/mol. The molecule has 0 atom stereocenters. The van der Waals surface area contributed by atoms with Crippen molar-refractivity contribution in [2.45, 2.75) is 59.3 Å². The van der Waals surface area contributed by atoms with Crippen LogP contribution in [0.5, 0.6) is 0 Å². The Morgan fingerprint density at radius 2 is 1.32 bits per heavy atom. The number of carbonyl (C=O) groups is 1. The van der Waals surface area contributed by atoms with Crippen LogP contribution in [0.4, 0.5) is 4.79 Å². The van der Waals surface area contributed by atoms with E-state index in [1.165, 1.54) is 38.5 Å². The van der Waals surface area contributed by atoms with E-state index in [1.807, 2.05) is 0 Å². The van der Waals surface area contributed by atoms with E-state index in [4.69, 9.17) is 0 Å². The molecule has 0 N–H and O–H groups in total. The van der Waals surface area contributed by atoms with E-state index < -0.39 is 0 Å². The number of amides is 2. The summed E-state index contributed by atoms with van der Waals surface area (Å²) in [5, 5.41) is 0. The van der Waals surface area contributed by atoms with Gasteiger partial charge in [0.05, 0.1) is 0 Å². The molecule has 2 aliphatic heterocycles. The topological polar surface area (TPSA) is 23.6 Å². The minimum Gasteiger partial charge on any atom is -0.325 e. The summed E-state index contributed by atoms with van der Waals surface area (Å²) in [4.78, 5) is 16.7. The zero-order valence-electron chi connectivity index (χ0n) is 13.0. The van der Waals surface area contributed by atoms with Gasteiger partial charge in [0.15, 0.2) is 0 Å². The van der Waals surface area contributed by atoms with E-state index >= 15 is 0 Å². The summed E-state index contributed by atoms with van der Waals surface area (Å²) in [6.45, 7) is 10.8. The van der Waals surface area contributed by atoms with Crippen LogP contribution in [0.15, 0.2) is 0 Å². The van der Waals surface area contributed by atoms with Crippen LogP contribution >= 0.6 is 0 Å². The lowest BCUT2D eigenvalue weighted by atomic mass is 9.75. The van der Waals surface area contributed by atoms with Crippen molar-refractivity contribution in [1.29, 1.82) is 0 Å². The number of likely N-dealkylation sites (tertiary alicyclic amines) is 2. The van der Waals surface area contributed by atoms with E-state index in [0.717, 1.165) is 32.1 Å². The van der Waals surface area contributed by atoms with E-state index in [2.05, 4.69) is 30.6 Å². The molecule has 2 aliphatic rings. The lowest BCUT2D eigenvalue weighted by molar-refractivity contribution is 0.102. The van der Waals surface area contributed by atoms with E-state index in [0.29, 0.717) is 11.4 Å². The fraction of sp³-hybridized carbons (Fsp3) is 0.938. The van der Waals surface area contributed by atoms with Crippen LogP contribution < -0.4 is 0 Å². The Hall–Kier alpha value is -0.730. The first kappa shape index (κ1) is 14.7. The van der Waals surface area contributed by atoms with E-state index in [9.17, 15) is 4.79 Å². The minimum absolute atomic E-state index is 0.300. The van der Waals surface area contributed by atoms with Gasteiger partial charge in [0.2, 0.25) is 0 Å². The predicted molar refractivity (Wildman–Crippen MR) is 79.2 cm³/mol. The van der Waals surface area contributed by atoms with Crippen LogP contribution in [0.3, 0.4) is 0 Å². The number of urea groups is 1. The molecular formula is C16H30N2O. The van der Waals surface area contributed by atoms with Crippen molar-refractivity contribution >= 4 is 6.03 Å². The molecular weight excluding hydrogens is 236 g/mol. The summed E-state index contributed by atoms with van der Waals surface area (Å²) >= 11 is 0. The SMILES string of the molecule is CC(C)(C)C1CCN(C(=O)N2CCCCCC2)CC1. The van der Waals surface area contributed by atoms with Crippen LogP contribution in [0.25, 0.3) is 0 Å². The van der Waals surface area contributed by atoms with Crippen molar-refractivity contribution in [3.8, 4) is 0 Å². The van der Waals surface area contributed by atoms with Crippen molar-refractivity contribution in [1.82, 2.24) is 9.80 Å². The van der Waals surface area contributed by atoms with Crippen molar-refractivity contribution in [2.75, 3.05) is 26.2 Å². The number of nitrogens with zero attached hydrogens (tertiary/aromatic N) is 2. The summed E-state index contributed by atoms with van der Waals surface area (Å²) in [6, 6.07) is 0.300. The highest BCUT2D eigenvalue weighted by Crippen LogP contribution is 2.34. The standard InChI is InChI=1S/C16H30N2O/c1-16(2,3)14-8-12-18(13-9-14)15(19)17-10-6-4-5-7-11-17/h14H,4-13H2,1-3H3. The second-order valence-corrected chi connectivity index (χ2v) is 7.31. The van der Waals surface area contributed by atoms with E-state index in [1.54, 1.807) is 0 Å². The molecule has 0 unspecified atom stereocenters. The second-order valence-electron chi connectivity index (χ2n) is 7.31. The van der Waals surface area contributed by atoms with Crippen LogP contribution in [0, 0.1) is 11.3 Å². The molecule has 0 bridgehead atoms. The first-order valence-corrected chi connectivity index (χ1v) is 8.02. The van der Waals surface area contributed by atoms with Crippen molar-refractivity contribution < 1.29 is 4.79 Å². The lowest BCUT2D eigenvalue weighted by Gasteiger charge is -2.40. The van der Waals surface area contributed by atoms with Crippen LogP contribution in [0.1, 0.15) is 59.3 Å². The van der Waals surface area contributed by atoms with Crippen LogP contribution in [-0.4, -0.2) is 42.0 Å². The Labute approximate surface area is 118 Å². The highest BCUT2D eigenvalue weighted by Gasteiger charge is 2.31. The molecule has 2 saturated heterocycles. The van der Waals surface area contributed by atoms with Gasteiger partial charge in [0.25, 0.3) is 0 Å². The third-order valence-electron chi connectivity index (χ3n) is 4.87. The van der Waals surface area contributed by atoms with Crippen molar-refractivity contribution in [3.05, 3.63) is 0 Å². The zero-order valence-corrected chi connectivity index (χ0v) is 13.0. The maximum absolute atomic E-state index is 12.5. The molecule has 110 valence electrons. The van der Waals surface area contributed by atoms with Gasteiger partial charge in [0, 0.05) is 26.2 Å². The Bertz CT molecular complexity index is 292. The van der Waals surface area contributed by atoms with Gasteiger partial charge in [-0.2, -0.15) is 0 Å². The molecule has 2 fully saturated rings. The lowest BCUT2D eigenvalue weighted by Crippen LogP contribution is -2.48. The number of piperidine rings is 1. The summed E-state index contributed by atoms with van der Waals surface area (Å²) in [7, 11) is 0. The Kier molecular flexibility index (Phi) is 4.75. The third kappa shape index (κ3) is 3.87. The highest BCUT2D eigenvalue weighted by atomic mass is 16.2. The molecule has 3 heteroatoms. The van der Waals surface area contributed by atoms with E-state index in [-0.39, 0.29) is 0 Å². The van der Waals surface area contributed by atoms with Crippen LogP contribution in [-0.2, 0) is 0 Å². The summed E-state index contributed by atoms with van der Waals surface area (Å²) < 4.78 is 0. The molecule has 0 aromatic rings. The maximum atomic E-state index is 12.5. The molecule has 0 radical (unpaired) electrons. The molecule has 0 aliphatic carbocycles. The third-order valence-corrected chi connectivity index (χ3v) is 4.87. The molecule has 0 aromatic heterocycles. The molecule has 0 aromatic carbocycles. The van der Waals surface area contributed by atoms with Gasteiger partial charge >= 0.3 is 6.03 Å². The molecule has 2 rings (SSSR count). The number of rotatable bonds is 0. The minimum atomic E-state index is 0.300. The van der Waals surface area contributed by atoms with Gasteiger partial charge < -0.3 is 9.80 Å². The maximum Gasteiger partial charge on any atom is 0.319 e. The molecule has 3 nitrogen and oxygen atoms in total. The van der Waals surface area contributed by atoms with Gasteiger partial charge in [0.1, 0.15) is 0 Å². The predicted octanol–water partition coefficient (Wildman–Crippen LogP) is 3.74. The van der Waals surface area contributed by atoms with Crippen molar-refractivity contribution in [3.63, 3.8) is 0 Å². The van der Waals surface area contributed by atoms with Gasteiger partial charge in [-0.15, -0.1) is 0 Å². The molecule has 2 amide bonds. The first-order valence-electron chi connectivity index (χ1n) is 8.02. The number of hydrogen-bond acceptors (Lipinski definition) is 1. The summed E-state index contributed by atoms with van der Waals surface area (Å²) in [5.74, 6) is 0.765. The molecule has 0 spiro atoms. The summed E-state index contributed by atoms with van der Waals surface area (Å²) in [5.41, 5.74) is 0.387. The van der Waals surface area contributed by atoms with Gasteiger partial charge in [-0.3, -0.25) is 0 Å². The zero-order chi connectivity index (χ0) is 13.9. The Balaban J connectivity index is 1.85. The fourth-order valence-electron chi connectivity index (χ4n) is 3.40. The van der Waals surface area contributed by atoms with Gasteiger partial charge in [-0.1, -0.05) is 33.6 Å². The summed E-state index contributed by atoms with van der Waals surface area (Å²) in [6.07, 6.45) is 7.28. The quantitative estimate of drug-likeness (QED) is 0.655.